The molecule has 8 N–H and O–H groups in total. The number of aliphatic hydroxyl groups is 8. The van der Waals surface area contributed by atoms with Gasteiger partial charge in [0.25, 0.3) is 0 Å². The van der Waals surface area contributed by atoms with Gasteiger partial charge in [0.1, 0.15) is 24.4 Å². The summed E-state index contributed by atoms with van der Waals surface area (Å²) in [6.45, 7) is 2.31. The van der Waals surface area contributed by atoms with Crippen LogP contribution in [0.1, 0.15) is 13.8 Å². The fourth-order valence-corrected chi connectivity index (χ4v) is 1.66. The number of hydrogen-bond acceptors (Lipinski definition) is 9. The summed E-state index contributed by atoms with van der Waals surface area (Å²) in [5.74, 6) is 0. The van der Waals surface area contributed by atoms with Gasteiger partial charge in [-0.15, -0.1) is 0 Å². The van der Waals surface area contributed by atoms with Gasteiger partial charge in [-0.05, 0) is 7.05 Å². The molecular weight excluding hydrogens is 298 g/mol. The van der Waals surface area contributed by atoms with Gasteiger partial charge in [-0.3, -0.25) is 0 Å². The molecule has 9 heteroatoms. The van der Waals surface area contributed by atoms with E-state index in [2.05, 4.69) is 0 Å². The Kier molecular flexibility index (Phi) is 14.2. The predicted octanol–water partition coefficient (Wildman–Crippen LogP) is -3.91. The largest absolute Gasteiger partial charge is 0.394 e. The molecule has 0 saturated carbocycles. The molecule has 0 fully saturated rings. The topological polar surface area (TPSA) is 165 Å². The molecule has 9 nitrogen and oxygen atoms in total. The van der Waals surface area contributed by atoms with Crippen LogP contribution in [0, 0.1) is 0 Å². The minimum absolute atomic E-state index is 0.142. The number of aliphatic hydroxyl groups excluding tert-OH is 8. The molecule has 0 spiro atoms. The Morgan fingerprint density at radius 2 is 0.909 bits per heavy atom. The minimum atomic E-state index is -1.55. The summed E-state index contributed by atoms with van der Waals surface area (Å²) < 4.78 is 0. The molecule has 6 atom stereocenters. The second kappa shape index (κ2) is 13.1. The Labute approximate surface area is 130 Å². The highest BCUT2D eigenvalue weighted by atomic mass is 16.4. The van der Waals surface area contributed by atoms with Crippen LogP contribution < -0.4 is 0 Å². The van der Waals surface area contributed by atoms with E-state index in [0.717, 1.165) is 0 Å². The summed E-state index contributed by atoms with van der Waals surface area (Å²) in [7, 11) is 1.47. The number of likely N-dealkylation sites (N-methyl/N-ethyl adjacent to an activating group) is 1. The first-order chi connectivity index (χ1) is 10.2. The van der Waals surface area contributed by atoms with Crippen LogP contribution in [0.3, 0.4) is 0 Å². The quantitative estimate of drug-likeness (QED) is 0.200. The van der Waals surface area contributed by atoms with Gasteiger partial charge < -0.3 is 45.8 Å². The third-order valence-electron chi connectivity index (χ3n) is 2.95. The van der Waals surface area contributed by atoms with Crippen molar-refractivity contribution in [3.8, 4) is 0 Å². The zero-order valence-corrected chi connectivity index (χ0v) is 13.3. The van der Waals surface area contributed by atoms with Crippen molar-refractivity contribution >= 4 is 0 Å². The average Bonchev–Trinajstić information content (AvgIpc) is 2.53. The van der Waals surface area contributed by atoms with E-state index in [1.807, 2.05) is 13.8 Å². The molecule has 0 rings (SSSR count). The Hall–Kier alpha value is -0.360. The van der Waals surface area contributed by atoms with Crippen molar-refractivity contribution in [3.63, 3.8) is 0 Å². The van der Waals surface area contributed by atoms with Crippen molar-refractivity contribution in [2.24, 2.45) is 0 Å². The van der Waals surface area contributed by atoms with Crippen LogP contribution in [0.4, 0.5) is 0 Å². The zero-order chi connectivity index (χ0) is 17.9. The van der Waals surface area contributed by atoms with Crippen LogP contribution in [-0.2, 0) is 0 Å². The smallest absolute Gasteiger partial charge is 0.109 e. The lowest BCUT2D eigenvalue weighted by molar-refractivity contribution is -0.0973. The van der Waals surface area contributed by atoms with E-state index in [-0.39, 0.29) is 13.1 Å². The lowest BCUT2D eigenvalue weighted by Crippen LogP contribution is -2.49. The Balaban J connectivity index is 0. The fraction of sp³-hybridized carbons (Fsp3) is 1.00. The highest BCUT2D eigenvalue weighted by Gasteiger charge is 2.28. The highest BCUT2D eigenvalue weighted by molar-refractivity contribution is 4.80. The van der Waals surface area contributed by atoms with Crippen molar-refractivity contribution < 1.29 is 40.9 Å². The standard InChI is InChI=1S/C11H25NO8.C2H6/c1-12(2-6(15)10(19)8(17)4-13)3-7(16)11(20)9(18)5-14;1-2/h6-11,13-20H,2-5H2,1H3;1-2H3. The number of rotatable bonds is 10. The molecule has 0 aliphatic carbocycles. The van der Waals surface area contributed by atoms with Crippen molar-refractivity contribution in [1.82, 2.24) is 4.90 Å². The van der Waals surface area contributed by atoms with Gasteiger partial charge in [0, 0.05) is 13.1 Å². The summed E-state index contributed by atoms with van der Waals surface area (Å²) in [6, 6.07) is 0. The monoisotopic (exact) mass is 329 g/mol. The SMILES string of the molecule is CC.CN(CC(O)C(O)C(O)CO)CC(O)C(O)C(O)CO. The van der Waals surface area contributed by atoms with E-state index in [0.29, 0.717) is 0 Å². The first-order valence-corrected chi connectivity index (χ1v) is 7.23. The van der Waals surface area contributed by atoms with Gasteiger partial charge >= 0.3 is 0 Å². The van der Waals surface area contributed by atoms with Crippen molar-refractivity contribution in [1.29, 1.82) is 0 Å². The summed E-state index contributed by atoms with van der Waals surface area (Å²) >= 11 is 0. The molecule has 0 heterocycles. The third-order valence-corrected chi connectivity index (χ3v) is 2.95. The highest BCUT2D eigenvalue weighted by Crippen LogP contribution is 2.05. The molecule has 0 aromatic rings. The zero-order valence-electron chi connectivity index (χ0n) is 13.3. The second-order valence-corrected chi connectivity index (χ2v) is 4.84. The van der Waals surface area contributed by atoms with Gasteiger partial charge in [0.05, 0.1) is 25.4 Å². The lowest BCUT2D eigenvalue weighted by Gasteiger charge is -2.29. The molecule has 0 aliphatic heterocycles. The first kappa shape index (κ1) is 23.9. The van der Waals surface area contributed by atoms with Crippen LogP contribution in [0.15, 0.2) is 0 Å². The van der Waals surface area contributed by atoms with Gasteiger partial charge in [0.15, 0.2) is 0 Å². The summed E-state index contributed by atoms with van der Waals surface area (Å²) in [4.78, 5) is 1.36. The Morgan fingerprint density at radius 3 is 1.14 bits per heavy atom. The maximum Gasteiger partial charge on any atom is 0.109 e. The maximum atomic E-state index is 9.60. The van der Waals surface area contributed by atoms with Crippen molar-refractivity contribution in [3.05, 3.63) is 0 Å². The second-order valence-electron chi connectivity index (χ2n) is 4.84. The van der Waals surface area contributed by atoms with E-state index in [1.165, 1.54) is 11.9 Å². The molecule has 0 aromatic heterocycles. The molecule has 0 bridgehead atoms. The van der Waals surface area contributed by atoms with Crippen LogP contribution in [0.2, 0.25) is 0 Å². The molecule has 0 aromatic carbocycles. The summed E-state index contributed by atoms with van der Waals surface area (Å²) in [5, 5.41) is 73.6. The van der Waals surface area contributed by atoms with Gasteiger partial charge in [-0.25, -0.2) is 0 Å². The maximum absolute atomic E-state index is 9.60. The normalized spacial score (nSPS) is 19.6. The van der Waals surface area contributed by atoms with E-state index < -0.39 is 49.8 Å². The van der Waals surface area contributed by atoms with Crippen LogP contribution >= 0.6 is 0 Å². The Morgan fingerprint density at radius 1 is 0.636 bits per heavy atom. The van der Waals surface area contributed by atoms with Gasteiger partial charge in [-0.1, -0.05) is 13.8 Å². The van der Waals surface area contributed by atoms with Gasteiger partial charge in [0.2, 0.25) is 0 Å². The molecule has 136 valence electrons. The Bertz CT molecular complexity index is 234. The molecule has 0 amide bonds. The van der Waals surface area contributed by atoms with Crippen molar-refractivity contribution in [2.75, 3.05) is 33.4 Å². The number of nitrogens with zero attached hydrogens (tertiary/aromatic N) is 1. The van der Waals surface area contributed by atoms with E-state index >= 15 is 0 Å². The molecular formula is C13H31NO8. The molecule has 22 heavy (non-hydrogen) atoms. The summed E-state index contributed by atoms with van der Waals surface area (Å²) in [5.41, 5.74) is 0. The average molecular weight is 329 g/mol. The predicted molar refractivity (Wildman–Crippen MR) is 79.1 cm³/mol. The molecule has 0 saturated heterocycles. The van der Waals surface area contributed by atoms with Crippen LogP contribution in [0.25, 0.3) is 0 Å². The first-order valence-electron chi connectivity index (χ1n) is 7.23. The van der Waals surface area contributed by atoms with E-state index in [4.69, 9.17) is 20.4 Å². The molecule has 0 aliphatic rings. The van der Waals surface area contributed by atoms with E-state index in [9.17, 15) is 20.4 Å². The van der Waals surface area contributed by atoms with E-state index in [1.54, 1.807) is 0 Å². The third kappa shape index (κ3) is 8.93. The van der Waals surface area contributed by atoms with Crippen LogP contribution in [0.5, 0.6) is 0 Å². The molecule has 0 radical (unpaired) electrons. The fourth-order valence-electron chi connectivity index (χ4n) is 1.66. The van der Waals surface area contributed by atoms with Crippen LogP contribution in [-0.4, -0.2) is 116 Å². The number of hydrogen-bond donors (Lipinski definition) is 8. The van der Waals surface area contributed by atoms with Crippen molar-refractivity contribution in [2.45, 2.75) is 50.5 Å². The minimum Gasteiger partial charge on any atom is -0.394 e. The van der Waals surface area contributed by atoms with Gasteiger partial charge in [-0.2, -0.15) is 0 Å². The lowest BCUT2D eigenvalue weighted by atomic mass is 10.1. The summed E-state index contributed by atoms with van der Waals surface area (Å²) in [6.07, 6.45) is -8.79. The molecule has 6 unspecified atom stereocenters.